The Morgan fingerprint density at radius 3 is 2.58 bits per heavy atom. The van der Waals surface area contributed by atoms with Crippen molar-refractivity contribution in [3.8, 4) is 0 Å². The molecule has 31 heavy (non-hydrogen) atoms. The van der Waals surface area contributed by atoms with Crippen LogP contribution in [-0.4, -0.2) is 32.4 Å². The lowest BCUT2D eigenvalue weighted by molar-refractivity contribution is 0.00672. The Morgan fingerprint density at radius 1 is 1.13 bits per heavy atom. The molecular weight excluding hydrogens is 400 g/mol. The highest BCUT2D eigenvalue weighted by Crippen LogP contribution is 2.22. The van der Waals surface area contributed by atoms with Gasteiger partial charge in [-0.15, -0.1) is 0 Å². The molecule has 8 heteroatoms. The molecule has 0 aliphatic heterocycles. The molecule has 0 saturated carbocycles. The second-order valence-corrected chi connectivity index (χ2v) is 8.19. The molecule has 0 unspecified atom stereocenters. The molecule has 158 valence electrons. The number of ether oxygens (including phenoxy) is 1. The Kier molecular flexibility index (Phi) is 4.85. The van der Waals surface area contributed by atoms with Gasteiger partial charge >= 0.3 is 11.9 Å². The number of carboxylic acid groups (broad SMARTS) is 1. The van der Waals surface area contributed by atoms with Crippen molar-refractivity contribution >= 4 is 33.7 Å². The van der Waals surface area contributed by atoms with Crippen LogP contribution < -0.4 is 5.43 Å². The van der Waals surface area contributed by atoms with Gasteiger partial charge in [0.2, 0.25) is 5.43 Å². The normalized spacial score (nSPS) is 11.7. The first-order valence-electron chi connectivity index (χ1n) is 9.61. The van der Waals surface area contributed by atoms with Crippen molar-refractivity contribution in [2.45, 2.75) is 32.9 Å². The molecule has 0 saturated heterocycles. The number of fused-ring (bicyclic) bond motifs is 2. The van der Waals surface area contributed by atoms with Crippen molar-refractivity contribution in [3.63, 3.8) is 0 Å². The van der Waals surface area contributed by atoms with E-state index >= 15 is 0 Å². The molecule has 2 aromatic carbocycles. The standard InChI is InChI=1S/C23H20N2O6/c1-23(2,3)30-22(29)16-12-25(18-7-5-4-6-14(18)19(16)26)11-13-8-9-17-15(10-13)20(21(27)28)31-24-17/h4-10,12H,11H2,1-3H3,(H,27,28). The summed E-state index contributed by atoms with van der Waals surface area (Å²) >= 11 is 0. The van der Waals surface area contributed by atoms with E-state index in [0.717, 1.165) is 5.56 Å². The Bertz CT molecular complexity index is 1390. The van der Waals surface area contributed by atoms with E-state index in [9.17, 15) is 19.5 Å². The third-order valence-corrected chi connectivity index (χ3v) is 4.69. The average Bonchev–Trinajstić information content (AvgIpc) is 3.12. The maximum Gasteiger partial charge on any atom is 0.375 e. The van der Waals surface area contributed by atoms with E-state index in [1.54, 1.807) is 67.8 Å². The Labute approximate surface area is 176 Å². The molecule has 0 amide bonds. The number of aromatic nitrogens is 2. The highest BCUT2D eigenvalue weighted by Gasteiger charge is 2.22. The van der Waals surface area contributed by atoms with Crippen molar-refractivity contribution in [2.24, 2.45) is 0 Å². The summed E-state index contributed by atoms with van der Waals surface area (Å²) in [6.45, 7) is 5.49. The summed E-state index contributed by atoms with van der Waals surface area (Å²) in [4.78, 5) is 37.0. The van der Waals surface area contributed by atoms with Crippen LogP contribution >= 0.6 is 0 Å². The first-order valence-corrected chi connectivity index (χ1v) is 9.61. The van der Waals surface area contributed by atoms with Crippen LogP contribution in [0.25, 0.3) is 21.8 Å². The minimum atomic E-state index is -1.21. The van der Waals surface area contributed by atoms with Gasteiger partial charge in [-0.2, -0.15) is 0 Å². The van der Waals surface area contributed by atoms with E-state index in [1.807, 2.05) is 0 Å². The van der Waals surface area contributed by atoms with Gasteiger partial charge < -0.3 is 18.9 Å². The number of nitrogens with zero attached hydrogens (tertiary/aromatic N) is 2. The van der Waals surface area contributed by atoms with Gasteiger partial charge in [0, 0.05) is 18.1 Å². The number of pyridine rings is 1. The van der Waals surface area contributed by atoms with Gasteiger partial charge in [0.1, 0.15) is 16.7 Å². The fraction of sp³-hybridized carbons (Fsp3) is 0.217. The van der Waals surface area contributed by atoms with Crippen LogP contribution in [-0.2, 0) is 11.3 Å². The van der Waals surface area contributed by atoms with Gasteiger partial charge in [-0.05, 0) is 50.6 Å². The van der Waals surface area contributed by atoms with Crippen LogP contribution in [0.3, 0.4) is 0 Å². The number of carbonyl (C=O) groups excluding carboxylic acids is 1. The van der Waals surface area contributed by atoms with Gasteiger partial charge in [-0.1, -0.05) is 23.4 Å². The summed E-state index contributed by atoms with van der Waals surface area (Å²) in [6.07, 6.45) is 1.48. The SMILES string of the molecule is CC(C)(C)OC(=O)c1cn(Cc2ccc3noc(C(=O)O)c3c2)c2ccccc2c1=O. The number of carbonyl (C=O) groups is 2. The highest BCUT2D eigenvalue weighted by atomic mass is 16.6. The quantitative estimate of drug-likeness (QED) is 0.499. The summed E-state index contributed by atoms with van der Waals surface area (Å²) in [5.74, 6) is -2.14. The van der Waals surface area contributed by atoms with Crippen molar-refractivity contribution in [1.82, 2.24) is 9.72 Å². The smallest absolute Gasteiger partial charge is 0.375 e. The molecule has 0 atom stereocenters. The van der Waals surface area contributed by atoms with E-state index in [4.69, 9.17) is 9.26 Å². The van der Waals surface area contributed by atoms with E-state index in [0.29, 0.717) is 21.8 Å². The van der Waals surface area contributed by atoms with Crippen LogP contribution in [0.2, 0.25) is 0 Å². The Morgan fingerprint density at radius 2 is 1.87 bits per heavy atom. The van der Waals surface area contributed by atoms with E-state index < -0.39 is 23.0 Å². The molecule has 2 heterocycles. The summed E-state index contributed by atoms with van der Waals surface area (Å²) in [6, 6.07) is 12.1. The molecular formula is C23H20N2O6. The van der Waals surface area contributed by atoms with E-state index in [2.05, 4.69) is 5.16 Å². The topological polar surface area (TPSA) is 112 Å². The molecule has 4 aromatic rings. The average molecular weight is 420 g/mol. The lowest BCUT2D eigenvalue weighted by Gasteiger charge is -2.20. The minimum absolute atomic E-state index is 0.0640. The number of aromatic carboxylic acids is 1. The van der Waals surface area contributed by atoms with Crippen molar-refractivity contribution < 1.29 is 24.0 Å². The Balaban J connectivity index is 1.84. The molecule has 8 nitrogen and oxygen atoms in total. The number of hydrogen-bond acceptors (Lipinski definition) is 6. The fourth-order valence-corrected chi connectivity index (χ4v) is 3.39. The highest BCUT2D eigenvalue weighted by molar-refractivity contribution is 6.00. The van der Waals surface area contributed by atoms with Crippen molar-refractivity contribution in [1.29, 1.82) is 0 Å². The van der Waals surface area contributed by atoms with Gasteiger partial charge in [0.05, 0.1) is 10.9 Å². The minimum Gasteiger partial charge on any atom is -0.475 e. The van der Waals surface area contributed by atoms with E-state index in [1.165, 1.54) is 6.20 Å². The molecule has 2 aromatic heterocycles. The second kappa shape index (κ2) is 7.39. The van der Waals surface area contributed by atoms with Gasteiger partial charge in [-0.3, -0.25) is 4.79 Å². The largest absolute Gasteiger partial charge is 0.475 e. The van der Waals surface area contributed by atoms with Crippen LogP contribution in [0.4, 0.5) is 0 Å². The zero-order valence-electron chi connectivity index (χ0n) is 17.2. The Hall–Kier alpha value is -3.94. The van der Waals surface area contributed by atoms with Crippen LogP contribution in [0.1, 0.15) is 47.2 Å². The number of benzene rings is 2. The zero-order valence-corrected chi connectivity index (χ0v) is 17.2. The molecule has 1 N–H and O–H groups in total. The summed E-state index contributed by atoms with van der Waals surface area (Å²) in [7, 11) is 0. The van der Waals surface area contributed by atoms with E-state index in [-0.39, 0.29) is 17.9 Å². The summed E-state index contributed by atoms with van der Waals surface area (Å²) < 4.78 is 12.1. The number of carboxylic acids is 1. The second-order valence-electron chi connectivity index (χ2n) is 8.19. The molecule has 0 spiro atoms. The first kappa shape index (κ1) is 20.3. The van der Waals surface area contributed by atoms with Crippen LogP contribution in [0.15, 0.2) is 58.0 Å². The summed E-state index contributed by atoms with van der Waals surface area (Å²) in [5.41, 5.74) is 0.618. The molecule has 0 radical (unpaired) electrons. The maximum atomic E-state index is 12.9. The predicted molar refractivity (Wildman–Crippen MR) is 113 cm³/mol. The van der Waals surface area contributed by atoms with Crippen LogP contribution in [0.5, 0.6) is 0 Å². The third-order valence-electron chi connectivity index (χ3n) is 4.69. The molecule has 0 aliphatic carbocycles. The number of esters is 1. The third kappa shape index (κ3) is 3.92. The lowest BCUT2D eigenvalue weighted by Crippen LogP contribution is -2.28. The van der Waals surface area contributed by atoms with Crippen LogP contribution in [0, 0.1) is 0 Å². The van der Waals surface area contributed by atoms with Gasteiger partial charge in [-0.25, -0.2) is 9.59 Å². The lowest BCUT2D eigenvalue weighted by atomic mass is 10.1. The predicted octanol–water partition coefficient (Wildman–Crippen LogP) is 3.84. The zero-order chi connectivity index (χ0) is 22.3. The monoisotopic (exact) mass is 420 g/mol. The molecule has 0 aliphatic rings. The number of hydrogen-bond donors (Lipinski definition) is 1. The first-order chi connectivity index (χ1) is 14.6. The fourth-order valence-electron chi connectivity index (χ4n) is 3.39. The van der Waals surface area contributed by atoms with Crippen molar-refractivity contribution in [3.05, 3.63) is 75.8 Å². The molecule has 0 fully saturated rings. The van der Waals surface area contributed by atoms with Crippen molar-refractivity contribution in [2.75, 3.05) is 0 Å². The maximum absolute atomic E-state index is 12.9. The van der Waals surface area contributed by atoms with Gasteiger partial charge in [0.15, 0.2) is 0 Å². The number of rotatable bonds is 4. The molecule has 4 rings (SSSR count). The number of para-hydroxylation sites is 1. The molecule has 0 bridgehead atoms. The van der Waals surface area contributed by atoms with Gasteiger partial charge in [0.25, 0.3) is 5.76 Å². The summed E-state index contributed by atoms with van der Waals surface area (Å²) in [5, 5.41) is 13.8.